The van der Waals surface area contributed by atoms with E-state index >= 15 is 0 Å². The molecule has 10 nitrogen and oxygen atoms in total. The van der Waals surface area contributed by atoms with Crippen LogP contribution in [0.1, 0.15) is 31.7 Å². The van der Waals surface area contributed by atoms with E-state index in [-0.39, 0.29) is 11.2 Å². The summed E-state index contributed by atoms with van der Waals surface area (Å²) >= 11 is 0. The molecule has 2 aliphatic heterocycles. The molecular weight excluding hydrogens is 511 g/mol. The predicted octanol–water partition coefficient (Wildman–Crippen LogP) is 4.35. The fourth-order valence-corrected chi connectivity index (χ4v) is 5.66. The van der Waals surface area contributed by atoms with Gasteiger partial charge in [-0.25, -0.2) is 14.8 Å². The fourth-order valence-electron chi connectivity index (χ4n) is 5.66. The number of alkyl halides is 3. The van der Waals surface area contributed by atoms with Gasteiger partial charge >= 0.3 is 12.2 Å². The summed E-state index contributed by atoms with van der Waals surface area (Å²) in [5, 5.41) is 8.07. The SMILES string of the molecule is CCC1(n2cc(-c3ncnc4[nH]ccc34)cn2)CN(C2CCN(C(=O)Nc3ccncc3C(F)(F)F)CC2)C1. The van der Waals surface area contributed by atoms with Crippen LogP contribution in [0.25, 0.3) is 22.3 Å². The molecule has 0 unspecified atom stereocenters. The summed E-state index contributed by atoms with van der Waals surface area (Å²) in [5.41, 5.74) is 1.22. The first-order valence-corrected chi connectivity index (χ1v) is 12.9. The molecule has 2 saturated heterocycles. The van der Waals surface area contributed by atoms with Crippen LogP contribution >= 0.6 is 0 Å². The van der Waals surface area contributed by atoms with E-state index in [2.05, 4.69) is 48.0 Å². The third-order valence-electron chi connectivity index (χ3n) is 7.99. The van der Waals surface area contributed by atoms with Gasteiger partial charge in [-0.2, -0.15) is 18.3 Å². The first-order valence-electron chi connectivity index (χ1n) is 12.9. The monoisotopic (exact) mass is 539 g/mol. The number of fused-ring (bicyclic) bond motifs is 1. The third-order valence-corrected chi connectivity index (χ3v) is 7.99. The number of H-pyrrole nitrogens is 1. The second kappa shape index (κ2) is 9.63. The number of halogens is 3. The molecule has 0 bridgehead atoms. The molecule has 6 rings (SSSR count). The Labute approximate surface area is 222 Å². The van der Waals surface area contributed by atoms with Gasteiger partial charge in [-0.1, -0.05) is 6.92 Å². The number of amides is 2. The summed E-state index contributed by atoms with van der Waals surface area (Å²) in [6, 6.07) is 2.91. The molecule has 2 fully saturated rings. The third kappa shape index (κ3) is 4.60. The number of nitrogens with zero attached hydrogens (tertiary/aromatic N) is 7. The van der Waals surface area contributed by atoms with Gasteiger partial charge in [-0.3, -0.25) is 14.6 Å². The number of hydrogen-bond acceptors (Lipinski definition) is 6. The van der Waals surface area contributed by atoms with Crippen molar-refractivity contribution >= 4 is 22.8 Å². The molecule has 13 heteroatoms. The number of pyridine rings is 1. The van der Waals surface area contributed by atoms with Crippen molar-refractivity contribution in [2.75, 3.05) is 31.5 Å². The Balaban J connectivity index is 1.07. The molecule has 2 N–H and O–H groups in total. The largest absolute Gasteiger partial charge is 0.419 e. The van der Waals surface area contributed by atoms with Crippen LogP contribution in [0.3, 0.4) is 0 Å². The highest BCUT2D eigenvalue weighted by atomic mass is 19.4. The molecule has 2 amide bonds. The summed E-state index contributed by atoms with van der Waals surface area (Å²) in [7, 11) is 0. The molecule has 0 aliphatic carbocycles. The number of piperidine rings is 1. The van der Waals surface area contributed by atoms with Gasteiger partial charge in [0.05, 0.1) is 28.7 Å². The number of nitrogens with one attached hydrogen (secondary N) is 2. The van der Waals surface area contributed by atoms with Crippen molar-refractivity contribution in [2.45, 2.75) is 43.9 Å². The second-order valence-electron chi connectivity index (χ2n) is 10.2. The van der Waals surface area contributed by atoms with Gasteiger partial charge in [0.1, 0.15) is 12.0 Å². The summed E-state index contributed by atoms with van der Waals surface area (Å²) in [4.78, 5) is 32.1. The van der Waals surface area contributed by atoms with Gasteiger partial charge in [0.25, 0.3) is 0 Å². The van der Waals surface area contributed by atoms with Crippen LogP contribution in [-0.4, -0.2) is 77.8 Å². The topological polar surface area (TPSA) is 108 Å². The minimum absolute atomic E-state index is 0.119. The van der Waals surface area contributed by atoms with Crippen LogP contribution < -0.4 is 5.32 Å². The van der Waals surface area contributed by atoms with Crippen LogP contribution in [0, 0.1) is 0 Å². The van der Waals surface area contributed by atoms with Crippen LogP contribution in [0.4, 0.5) is 23.7 Å². The first-order chi connectivity index (χ1) is 18.8. The van der Waals surface area contributed by atoms with E-state index < -0.39 is 17.8 Å². The Morgan fingerprint density at radius 3 is 2.72 bits per heavy atom. The molecule has 0 spiro atoms. The number of urea groups is 1. The zero-order valence-electron chi connectivity index (χ0n) is 21.3. The van der Waals surface area contributed by atoms with E-state index in [0.717, 1.165) is 60.8 Å². The van der Waals surface area contributed by atoms with E-state index in [4.69, 9.17) is 5.10 Å². The van der Waals surface area contributed by atoms with Gasteiger partial charge in [0, 0.05) is 68.0 Å². The minimum Gasteiger partial charge on any atom is -0.346 e. The van der Waals surface area contributed by atoms with Crippen molar-refractivity contribution in [1.29, 1.82) is 0 Å². The number of rotatable bonds is 5. The Hall–Kier alpha value is -4.00. The highest BCUT2D eigenvalue weighted by Crippen LogP contribution is 2.38. The highest BCUT2D eigenvalue weighted by molar-refractivity contribution is 5.90. The smallest absolute Gasteiger partial charge is 0.346 e. The fraction of sp³-hybridized carbons (Fsp3) is 0.423. The molecule has 2 aliphatic rings. The normalized spacial score (nSPS) is 18.3. The van der Waals surface area contributed by atoms with Gasteiger partial charge in [0.15, 0.2) is 0 Å². The number of carbonyl (C=O) groups excluding carboxylic acids is 1. The molecule has 0 radical (unpaired) electrons. The van der Waals surface area contributed by atoms with E-state index in [9.17, 15) is 18.0 Å². The Morgan fingerprint density at radius 2 is 1.97 bits per heavy atom. The second-order valence-corrected chi connectivity index (χ2v) is 10.2. The number of carbonyl (C=O) groups is 1. The lowest BCUT2D eigenvalue weighted by atomic mass is 9.84. The molecule has 4 aromatic rings. The number of aromatic amines is 1. The molecule has 0 saturated carbocycles. The summed E-state index contributed by atoms with van der Waals surface area (Å²) in [6.07, 6.45) is 7.09. The average Bonchev–Trinajstić information content (AvgIpc) is 3.59. The zero-order valence-corrected chi connectivity index (χ0v) is 21.3. The maximum Gasteiger partial charge on any atom is 0.419 e. The minimum atomic E-state index is -4.59. The van der Waals surface area contributed by atoms with E-state index in [1.165, 1.54) is 12.3 Å². The van der Waals surface area contributed by atoms with Crippen molar-refractivity contribution < 1.29 is 18.0 Å². The van der Waals surface area contributed by atoms with Crippen molar-refractivity contribution in [3.8, 4) is 11.3 Å². The van der Waals surface area contributed by atoms with Crippen LogP contribution in [0.5, 0.6) is 0 Å². The number of likely N-dealkylation sites (tertiary alicyclic amines) is 2. The maximum absolute atomic E-state index is 13.3. The predicted molar refractivity (Wildman–Crippen MR) is 138 cm³/mol. The lowest BCUT2D eigenvalue weighted by molar-refractivity contribution is -0.137. The van der Waals surface area contributed by atoms with Gasteiger partial charge in [-0.05, 0) is 31.4 Å². The standard InChI is InChI=1S/C26H28F3N9O/c1-2-25(38-13-17(11-34-38)22-19-3-8-31-23(19)33-16-32-22)14-37(15-25)18-5-9-36(10-6-18)24(39)35-21-4-7-30-12-20(21)26(27,28)29/h3-4,7-8,11-13,16,18H,2,5-6,9-10,14-15H2,1H3,(H,30,35,39)(H,31,32,33). The average molecular weight is 540 g/mol. The molecule has 4 aromatic heterocycles. The molecule has 0 aromatic carbocycles. The first kappa shape index (κ1) is 25.3. The maximum atomic E-state index is 13.3. The Morgan fingerprint density at radius 1 is 1.18 bits per heavy atom. The quantitative estimate of drug-likeness (QED) is 0.391. The molecule has 0 atom stereocenters. The Kier molecular flexibility index (Phi) is 6.25. The summed E-state index contributed by atoms with van der Waals surface area (Å²) in [5.74, 6) is 0. The number of hydrogen-bond donors (Lipinski definition) is 2. The zero-order chi connectivity index (χ0) is 27.2. The highest BCUT2D eigenvalue weighted by Gasteiger charge is 2.47. The van der Waals surface area contributed by atoms with Gasteiger partial charge in [0.2, 0.25) is 0 Å². The molecule has 39 heavy (non-hydrogen) atoms. The van der Waals surface area contributed by atoms with Crippen molar-refractivity contribution in [2.24, 2.45) is 0 Å². The Bertz CT molecular complexity index is 1480. The van der Waals surface area contributed by atoms with Gasteiger partial charge in [-0.15, -0.1) is 0 Å². The van der Waals surface area contributed by atoms with Crippen molar-refractivity contribution in [1.82, 2.24) is 39.5 Å². The van der Waals surface area contributed by atoms with E-state index in [1.54, 1.807) is 11.2 Å². The summed E-state index contributed by atoms with van der Waals surface area (Å²) in [6.45, 7) is 4.80. The number of aromatic nitrogens is 6. The van der Waals surface area contributed by atoms with Crippen LogP contribution in [0.2, 0.25) is 0 Å². The van der Waals surface area contributed by atoms with E-state index in [1.807, 2.05) is 18.5 Å². The molecular formula is C26H28F3N9O. The van der Waals surface area contributed by atoms with Gasteiger partial charge < -0.3 is 15.2 Å². The lowest BCUT2D eigenvalue weighted by Gasteiger charge is -2.54. The number of anilines is 1. The van der Waals surface area contributed by atoms with Crippen LogP contribution in [-0.2, 0) is 11.7 Å². The lowest BCUT2D eigenvalue weighted by Crippen LogP contribution is -2.66. The van der Waals surface area contributed by atoms with E-state index in [0.29, 0.717) is 19.1 Å². The van der Waals surface area contributed by atoms with Crippen molar-refractivity contribution in [3.05, 3.63) is 55.0 Å². The molecule has 204 valence electrons. The molecule has 6 heterocycles. The van der Waals surface area contributed by atoms with Crippen molar-refractivity contribution in [3.63, 3.8) is 0 Å². The van der Waals surface area contributed by atoms with Crippen LogP contribution in [0.15, 0.2) is 49.4 Å². The summed E-state index contributed by atoms with van der Waals surface area (Å²) < 4.78 is 41.8.